The van der Waals surface area contributed by atoms with Crippen LogP contribution in [0.25, 0.3) is 5.76 Å². The molecule has 0 unspecified atom stereocenters. The third-order valence-corrected chi connectivity index (χ3v) is 6.05. The Labute approximate surface area is 187 Å². The minimum absolute atomic E-state index is 0.0311. The fourth-order valence-corrected chi connectivity index (χ4v) is 4.32. The minimum Gasteiger partial charge on any atom is -0.506 e. The summed E-state index contributed by atoms with van der Waals surface area (Å²) in [6, 6.07) is 25.2. The average Bonchev–Trinajstić information content (AvgIpc) is 3.09. The fourth-order valence-electron chi connectivity index (χ4n) is 4.32. The average molecular weight is 422 g/mol. The van der Waals surface area contributed by atoms with Crippen LogP contribution < -0.4 is 4.90 Å². The quantitative estimate of drug-likeness (QED) is 0.554. The van der Waals surface area contributed by atoms with Crippen LogP contribution in [0, 0.1) is 0 Å². The highest BCUT2D eigenvalue weighted by molar-refractivity contribution is 6.22. The Bertz CT molecular complexity index is 1270. The van der Waals surface area contributed by atoms with Crippen LogP contribution >= 0.6 is 0 Å². The van der Waals surface area contributed by atoms with Crippen molar-refractivity contribution >= 4 is 17.2 Å². The van der Waals surface area contributed by atoms with Gasteiger partial charge in [0.05, 0.1) is 11.3 Å². The number of hydrogen-bond acceptors (Lipinski definition) is 5. The number of azo groups is 1. The van der Waals surface area contributed by atoms with E-state index in [4.69, 9.17) is 0 Å². The van der Waals surface area contributed by atoms with Crippen LogP contribution in [0.15, 0.2) is 106 Å². The van der Waals surface area contributed by atoms with Crippen molar-refractivity contribution in [3.05, 3.63) is 118 Å². The molecule has 2 aliphatic rings. The van der Waals surface area contributed by atoms with E-state index in [0.29, 0.717) is 16.8 Å². The Kier molecular flexibility index (Phi) is 4.94. The van der Waals surface area contributed by atoms with Crippen molar-refractivity contribution in [2.45, 2.75) is 12.0 Å². The lowest BCUT2D eigenvalue weighted by molar-refractivity contribution is 0.103. The molecule has 0 bridgehead atoms. The highest BCUT2D eigenvalue weighted by atomic mass is 16.3. The first-order valence-corrected chi connectivity index (χ1v) is 10.6. The molecule has 0 saturated carbocycles. The molecular weight excluding hydrogens is 398 g/mol. The smallest absolute Gasteiger partial charge is 0.199 e. The van der Waals surface area contributed by atoms with Gasteiger partial charge >= 0.3 is 0 Å². The van der Waals surface area contributed by atoms with Gasteiger partial charge in [0.25, 0.3) is 0 Å². The second kappa shape index (κ2) is 7.93. The maximum absolute atomic E-state index is 13.0. The number of hydrogen-bond donors (Lipinski definition) is 1. The minimum atomic E-state index is -0.223. The zero-order valence-electron chi connectivity index (χ0n) is 17.9. The third-order valence-electron chi connectivity index (χ3n) is 6.05. The molecule has 0 aromatic heterocycles. The van der Waals surface area contributed by atoms with Gasteiger partial charge < -0.3 is 10.0 Å². The van der Waals surface area contributed by atoms with Gasteiger partial charge in [-0.2, -0.15) is 10.2 Å². The molecule has 5 rings (SSSR count). The van der Waals surface area contributed by atoms with Gasteiger partial charge in [-0.05, 0) is 29.3 Å². The molecule has 1 N–H and O–H groups in total. The maximum Gasteiger partial charge on any atom is 0.199 e. The number of benzene rings is 3. The number of fused-ring (bicyclic) bond motifs is 1. The lowest BCUT2D eigenvalue weighted by Crippen LogP contribution is -2.14. The molecule has 5 nitrogen and oxygen atoms in total. The van der Waals surface area contributed by atoms with E-state index in [9.17, 15) is 9.90 Å². The molecule has 1 aliphatic heterocycles. The Morgan fingerprint density at radius 2 is 1.47 bits per heavy atom. The zero-order chi connectivity index (χ0) is 22.2. The molecule has 0 saturated heterocycles. The molecule has 0 amide bonds. The van der Waals surface area contributed by atoms with Crippen molar-refractivity contribution in [1.82, 2.24) is 0 Å². The molecule has 5 heteroatoms. The van der Waals surface area contributed by atoms with E-state index in [1.165, 1.54) is 0 Å². The number of aliphatic hydroxyl groups excluding tert-OH is 1. The van der Waals surface area contributed by atoms with Gasteiger partial charge in [-0.3, -0.25) is 4.79 Å². The highest BCUT2D eigenvalue weighted by Crippen LogP contribution is 2.44. The van der Waals surface area contributed by atoms with Gasteiger partial charge in [0.2, 0.25) is 0 Å². The summed E-state index contributed by atoms with van der Waals surface area (Å²) in [5, 5.41) is 19.9. The van der Waals surface area contributed by atoms with Crippen LogP contribution in [0.2, 0.25) is 0 Å². The highest BCUT2D eigenvalue weighted by Gasteiger charge is 2.35. The van der Waals surface area contributed by atoms with Crippen LogP contribution in [0.3, 0.4) is 0 Å². The number of aliphatic hydroxyl groups is 1. The summed E-state index contributed by atoms with van der Waals surface area (Å²) in [5.74, 6) is -0.369. The van der Waals surface area contributed by atoms with E-state index in [0.717, 1.165) is 16.8 Å². The second-order valence-corrected chi connectivity index (χ2v) is 8.23. The molecule has 0 fully saturated rings. The molecule has 0 spiro atoms. The number of carbonyl (C=O) groups is 1. The second-order valence-electron chi connectivity index (χ2n) is 8.23. The van der Waals surface area contributed by atoms with Crippen molar-refractivity contribution in [1.29, 1.82) is 0 Å². The van der Waals surface area contributed by atoms with E-state index in [-0.39, 0.29) is 29.1 Å². The molecule has 3 aromatic rings. The van der Waals surface area contributed by atoms with Crippen LogP contribution in [0.5, 0.6) is 0 Å². The summed E-state index contributed by atoms with van der Waals surface area (Å²) in [4.78, 5) is 15.1. The van der Waals surface area contributed by atoms with E-state index >= 15 is 0 Å². The van der Waals surface area contributed by atoms with Crippen LogP contribution in [-0.2, 0) is 0 Å². The Hall–Kier alpha value is -3.99. The molecule has 3 aromatic carbocycles. The first-order chi connectivity index (χ1) is 15.5. The summed E-state index contributed by atoms with van der Waals surface area (Å²) in [5.41, 5.74) is 4.90. The lowest BCUT2D eigenvalue weighted by atomic mass is 9.85. The van der Waals surface area contributed by atoms with Crippen molar-refractivity contribution < 1.29 is 9.90 Å². The number of carbonyl (C=O) groups excluding carboxylic acids is 1. The van der Waals surface area contributed by atoms with E-state index in [1.54, 1.807) is 18.2 Å². The molecule has 158 valence electrons. The Balaban J connectivity index is 1.57. The molecule has 1 heterocycles. The number of anilines is 1. The Morgan fingerprint density at radius 1 is 0.812 bits per heavy atom. The Morgan fingerprint density at radius 3 is 2.12 bits per heavy atom. The van der Waals surface area contributed by atoms with Gasteiger partial charge in [0.1, 0.15) is 11.8 Å². The van der Waals surface area contributed by atoms with Crippen molar-refractivity contribution in [2.24, 2.45) is 10.2 Å². The summed E-state index contributed by atoms with van der Waals surface area (Å²) in [6.07, 6.45) is 1.96. The van der Waals surface area contributed by atoms with Gasteiger partial charge in [-0.25, -0.2) is 0 Å². The zero-order valence-corrected chi connectivity index (χ0v) is 17.9. The van der Waals surface area contributed by atoms with E-state index in [2.05, 4.69) is 51.5 Å². The predicted octanol–water partition coefficient (Wildman–Crippen LogP) is 6.09. The van der Waals surface area contributed by atoms with Crippen LogP contribution in [0.1, 0.15) is 39.0 Å². The van der Waals surface area contributed by atoms with Gasteiger partial charge in [-0.1, -0.05) is 66.7 Å². The van der Waals surface area contributed by atoms with Gasteiger partial charge in [0, 0.05) is 36.8 Å². The molecular formula is C27H23N3O2. The first kappa shape index (κ1) is 19.9. The first-order valence-electron chi connectivity index (χ1n) is 10.6. The number of allylic oxidation sites excluding steroid dienone is 1. The predicted molar refractivity (Wildman–Crippen MR) is 126 cm³/mol. The number of Topliss-reactive ketones (excluding diaryl/α,β-unsaturated/α-hetero) is 1. The topological polar surface area (TPSA) is 65.3 Å². The number of rotatable bonds is 4. The molecule has 2 atom stereocenters. The summed E-state index contributed by atoms with van der Waals surface area (Å²) in [6.45, 7) is 0. The fraction of sp³-hybridized carbons (Fsp3) is 0.148. The number of nitrogens with zero attached hydrogens (tertiary/aromatic N) is 3. The van der Waals surface area contributed by atoms with Gasteiger partial charge in [0.15, 0.2) is 5.78 Å². The SMILES string of the molecule is CN(C)c1ccc([C@@H]2N=NC(C3=C(O)c4ccccc4C3=O)=C[C@H]2c2ccccc2)cc1. The normalized spacial score (nSPS) is 19.7. The third kappa shape index (κ3) is 3.32. The van der Waals surface area contributed by atoms with E-state index < -0.39 is 0 Å². The van der Waals surface area contributed by atoms with Crippen LogP contribution in [0.4, 0.5) is 5.69 Å². The largest absolute Gasteiger partial charge is 0.506 e. The summed E-state index contributed by atoms with van der Waals surface area (Å²) < 4.78 is 0. The summed E-state index contributed by atoms with van der Waals surface area (Å²) >= 11 is 0. The van der Waals surface area contributed by atoms with Crippen molar-refractivity contribution in [3.63, 3.8) is 0 Å². The van der Waals surface area contributed by atoms with Crippen molar-refractivity contribution in [2.75, 3.05) is 19.0 Å². The monoisotopic (exact) mass is 421 g/mol. The summed E-state index contributed by atoms with van der Waals surface area (Å²) in [7, 11) is 4.02. The maximum atomic E-state index is 13.0. The molecule has 1 aliphatic carbocycles. The standard InChI is InChI=1S/C27H23N3O2/c1-30(2)19-14-12-18(13-15-19)25-22(17-8-4-3-5-9-17)16-23(28-29-25)24-26(31)20-10-6-7-11-21(20)27(24)32/h3-16,22,25,31H,1-2H3/t22-,25-/m0/s1. The van der Waals surface area contributed by atoms with Crippen LogP contribution in [-0.4, -0.2) is 25.0 Å². The van der Waals surface area contributed by atoms with E-state index in [1.807, 2.05) is 44.4 Å². The molecule has 0 radical (unpaired) electrons. The number of ketones is 1. The van der Waals surface area contributed by atoms with Gasteiger partial charge in [-0.15, -0.1) is 0 Å². The molecule has 32 heavy (non-hydrogen) atoms. The lowest BCUT2D eigenvalue weighted by Gasteiger charge is -2.26. The van der Waals surface area contributed by atoms with Crippen molar-refractivity contribution in [3.8, 4) is 0 Å².